The summed E-state index contributed by atoms with van der Waals surface area (Å²) in [4.78, 5) is 16.2. The van der Waals surface area contributed by atoms with Crippen LogP contribution in [0.25, 0.3) is 10.7 Å². The van der Waals surface area contributed by atoms with Crippen molar-refractivity contribution < 1.29 is 9.53 Å². The second kappa shape index (κ2) is 4.71. The van der Waals surface area contributed by atoms with Gasteiger partial charge in [-0.1, -0.05) is 0 Å². The van der Waals surface area contributed by atoms with Crippen LogP contribution >= 0.6 is 11.3 Å². The van der Waals surface area contributed by atoms with E-state index in [1.807, 2.05) is 30.1 Å². The molecule has 2 heterocycles. The molecule has 0 amide bonds. The molecule has 0 atom stereocenters. The first kappa shape index (κ1) is 11.9. The Balaban J connectivity index is 2.55. The summed E-state index contributed by atoms with van der Waals surface area (Å²) < 4.78 is 7.00. The van der Waals surface area contributed by atoms with E-state index in [0.717, 1.165) is 16.3 Å². The molecule has 5 heteroatoms. The number of ether oxygens (including phenoxy) is 1. The van der Waals surface area contributed by atoms with E-state index in [1.54, 1.807) is 13.1 Å². The van der Waals surface area contributed by atoms with Crippen molar-refractivity contribution in [1.29, 1.82) is 0 Å². The predicted molar refractivity (Wildman–Crippen MR) is 67.2 cm³/mol. The molecule has 0 spiro atoms. The summed E-state index contributed by atoms with van der Waals surface area (Å²) in [6, 6.07) is 0. The molecular weight excluding hydrogens is 236 g/mol. The summed E-state index contributed by atoms with van der Waals surface area (Å²) in [5, 5.41) is 2.73. The second-order valence-corrected chi connectivity index (χ2v) is 4.60. The van der Waals surface area contributed by atoms with Gasteiger partial charge in [-0.2, -0.15) is 0 Å². The van der Waals surface area contributed by atoms with Gasteiger partial charge in [0, 0.05) is 24.8 Å². The average Bonchev–Trinajstić information content (AvgIpc) is 2.85. The highest BCUT2D eigenvalue weighted by atomic mass is 32.1. The number of aromatic nitrogens is 2. The Morgan fingerprint density at radius 1 is 1.59 bits per heavy atom. The lowest BCUT2D eigenvalue weighted by Crippen LogP contribution is -2.07. The minimum absolute atomic E-state index is 0.282. The minimum Gasteiger partial charge on any atom is -0.462 e. The summed E-state index contributed by atoms with van der Waals surface area (Å²) in [5.41, 5.74) is 2.36. The van der Waals surface area contributed by atoms with E-state index in [1.165, 1.54) is 11.3 Å². The highest BCUT2D eigenvalue weighted by Gasteiger charge is 2.22. The van der Waals surface area contributed by atoms with Crippen LogP contribution in [0.5, 0.6) is 0 Å². The van der Waals surface area contributed by atoms with Gasteiger partial charge in [0.25, 0.3) is 0 Å². The molecule has 4 nitrogen and oxygen atoms in total. The van der Waals surface area contributed by atoms with Gasteiger partial charge in [-0.15, -0.1) is 11.3 Å². The van der Waals surface area contributed by atoms with E-state index in [0.29, 0.717) is 12.2 Å². The van der Waals surface area contributed by atoms with Crippen molar-refractivity contribution in [3.05, 3.63) is 28.9 Å². The summed E-state index contributed by atoms with van der Waals surface area (Å²) >= 11 is 1.51. The Labute approximate surface area is 104 Å². The number of esters is 1. The smallest absolute Gasteiger partial charge is 0.340 e. The third-order valence-corrected chi connectivity index (χ3v) is 3.27. The first-order valence-corrected chi connectivity index (χ1v) is 6.26. The molecule has 2 rings (SSSR count). The average molecular weight is 250 g/mol. The van der Waals surface area contributed by atoms with Gasteiger partial charge in [-0.3, -0.25) is 0 Å². The van der Waals surface area contributed by atoms with Crippen LogP contribution in [0.15, 0.2) is 17.8 Å². The topological polar surface area (TPSA) is 44.1 Å². The highest BCUT2D eigenvalue weighted by Crippen LogP contribution is 2.29. The standard InChI is InChI=1S/C12H14N2O2S/c1-4-16-12(15)9-8(2)7-14(3)10(9)11-13-5-6-17-11/h5-7H,4H2,1-3H3. The molecule has 0 fully saturated rings. The van der Waals surface area contributed by atoms with Crippen LogP contribution in [0.2, 0.25) is 0 Å². The largest absolute Gasteiger partial charge is 0.462 e. The number of aryl methyl sites for hydroxylation is 2. The number of carbonyl (C=O) groups excluding carboxylic acids is 1. The van der Waals surface area contributed by atoms with E-state index in [-0.39, 0.29) is 5.97 Å². The Morgan fingerprint density at radius 2 is 2.35 bits per heavy atom. The second-order valence-electron chi connectivity index (χ2n) is 3.70. The summed E-state index contributed by atoms with van der Waals surface area (Å²) in [6.07, 6.45) is 3.65. The zero-order valence-electron chi connectivity index (χ0n) is 10.1. The highest BCUT2D eigenvalue weighted by molar-refractivity contribution is 7.13. The predicted octanol–water partition coefficient (Wildman–Crippen LogP) is 2.63. The van der Waals surface area contributed by atoms with Crippen LogP contribution in [-0.2, 0) is 11.8 Å². The zero-order chi connectivity index (χ0) is 12.4. The lowest BCUT2D eigenvalue weighted by atomic mass is 10.1. The van der Waals surface area contributed by atoms with Crippen LogP contribution in [-0.4, -0.2) is 22.1 Å². The van der Waals surface area contributed by atoms with Crippen molar-refractivity contribution >= 4 is 17.3 Å². The molecule has 0 aliphatic rings. The Morgan fingerprint density at radius 3 is 2.94 bits per heavy atom. The SMILES string of the molecule is CCOC(=O)c1c(C)cn(C)c1-c1nccs1. The van der Waals surface area contributed by atoms with E-state index < -0.39 is 0 Å². The van der Waals surface area contributed by atoms with Crippen LogP contribution in [0.1, 0.15) is 22.8 Å². The molecule has 2 aromatic rings. The minimum atomic E-state index is -0.282. The van der Waals surface area contributed by atoms with Gasteiger partial charge in [0.15, 0.2) is 0 Å². The van der Waals surface area contributed by atoms with Crippen molar-refractivity contribution in [3.8, 4) is 10.7 Å². The van der Waals surface area contributed by atoms with Gasteiger partial charge in [0.05, 0.1) is 17.9 Å². The van der Waals surface area contributed by atoms with Gasteiger partial charge < -0.3 is 9.30 Å². The van der Waals surface area contributed by atoms with E-state index >= 15 is 0 Å². The molecule has 0 saturated heterocycles. The molecule has 17 heavy (non-hydrogen) atoms. The Hall–Kier alpha value is -1.62. The summed E-state index contributed by atoms with van der Waals surface area (Å²) in [6.45, 7) is 4.09. The summed E-state index contributed by atoms with van der Waals surface area (Å²) in [5.74, 6) is -0.282. The Kier molecular flexibility index (Phi) is 3.28. The molecule has 0 unspecified atom stereocenters. The molecule has 90 valence electrons. The number of carbonyl (C=O) groups is 1. The van der Waals surface area contributed by atoms with Crippen LogP contribution in [0, 0.1) is 6.92 Å². The monoisotopic (exact) mass is 250 g/mol. The number of hydrogen-bond acceptors (Lipinski definition) is 4. The first-order chi connectivity index (χ1) is 8.15. The number of rotatable bonds is 3. The van der Waals surface area contributed by atoms with Crippen LogP contribution in [0.4, 0.5) is 0 Å². The fourth-order valence-corrected chi connectivity index (χ4v) is 2.57. The number of hydrogen-bond donors (Lipinski definition) is 0. The molecule has 0 aliphatic carbocycles. The van der Waals surface area contributed by atoms with Crippen molar-refractivity contribution in [2.75, 3.05) is 6.61 Å². The quantitative estimate of drug-likeness (QED) is 0.787. The summed E-state index contributed by atoms with van der Waals surface area (Å²) in [7, 11) is 1.91. The maximum absolute atomic E-state index is 11.9. The molecule has 0 aliphatic heterocycles. The lowest BCUT2D eigenvalue weighted by molar-refractivity contribution is 0.0526. The molecule has 0 aromatic carbocycles. The number of nitrogens with zero attached hydrogens (tertiary/aromatic N) is 2. The van der Waals surface area contributed by atoms with Gasteiger partial charge in [0.1, 0.15) is 5.01 Å². The molecular formula is C12H14N2O2S. The van der Waals surface area contributed by atoms with E-state index in [2.05, 4.69) is 4.98 Å². The normalized spacial score (nSPS) is 10.5. The van der Waals surface area contributed by atoms with Gasteiger partial charge in [-0.05, 0) is 19.4 Å². The molecule has 0 N–H and O–H groups in total. The fraction of sp³-hybridized carbons (Fsp3) is 0.333. The van der Waals surface area contributed by atoms with Crippen LogP contribution in [0.3, 0.4) is 0 Å². The molecule has 0 saturated carbocycles. The maximum atomic E-state index is 11.9. The number of thiazole rings is 1. The first-order valence-electron chi connectivity index (χ1n) is 5.38. The fourth-order valence-electron chi connectivity index (χ4n) is 1.84. The van der Waals surface area contributed by atoms with E-state index in [4.69, 9.17) is 4.74 Å². The third-order valence-electron chi connectivity index (χ3n) is 2.49. The van der Waals surface area contributed by atoms with Gasteiger partial charge in [0.2, 0.25) is 0 Å². The van der Waals surface area contributed by atoms with Gasteiger partial charge in [-0.25, -0.2) is 9.78 Å². The molecule has 2 aromatic heterocycles. The van der Waals surface area contributed by atoms with Gasteiger partial charge >= 0.3 is 5.97 Å². The van der Waals surface area contributed by atoms with Crippen molar-refractivity contribution in [3.63, 3.8) is 0 Å². The zero-order valence-corrected chi connectivity index (χ0v) is 10.9. The van der Waals surface area contributed by atoms with Crippen LogP contribution < -0.4 is 0 Å². The van der Waals surface area contributed by atoms with Crippen molar-refractivity contribution in [1.82, 2.24) is 9.55 Å². The molecule has 0 radical (unpaired) electrons. The third kappa shape index (κ3) is 2.10. The molecule has 0 bridgehead atoms. The maximum Gasteiger partial charge on any atom is 0.340 e. The van der Waals surface area contributed by atoms with E-state index in [9.17, 15) is 4.79 Å². The lowest BCUT2D eigenvalue weighted by Gasteiger charge is -2.05. The van der Waals surface area contributed by atoms with Crippen molar-refractivity contribution in [2.24, 2.45) is 7.05 Å². The Bertz CT molecular complexity index is 529. The van der Waals surface area contributed by atoms with Crippen molar-refractivity contribution in [2.45, 2.75) is 13.8 Å².